The van der Waals surface area contributed by atoms with Crippen molar-refractivity contribution in [1.29, 1.82) is 0 Å². The molecule has 0 aromatic heterocycles. The summed E-state index contributed by atoms with van der Waals surface area (Å²) in [4.78, 5) is 12.8. The van der Waals surface area contributed by atoms with E-state index in [2.05, 4.69) is 0 Å². The van der Waals surface area contributed by atoms with Gasteiger partial charge in [0.05, 0.1) is 31.8 Å². The molecule has 10 atom stereocenters. The Balaban J connectivity index is 1.46. The molecule has 2 aromatic carbocycles. The number of hydrogen-bond donors (Lipinski definition) is 9. The highest BCUT2D eigenvalue weighted by Gasteiger charge is 2.50. The van der Waals surface area contributed by atoms with Gasteiger partial charge < -0.3 is 69.6 Å². The molecule has 2 heterocycles. The molecule has 9 N–H and O–H groups in total. The van der Waals surface area contributed by atoms with E-state index in [1.165, 1.54) is 26.2 Å². The van der Waals surface area contributed by atoms with Crippen LogP contribution in [-0.4, -0.2) is 115 Å². The highest BCUT2D eigenvalue weighted by atomic mass is 16.8. The van der Waals surface area contributed by atoms with Crippen molar-refractivity contribution in [3.63, 3.8) is 0 Å². The standard InChI is InChI=1S/C28H36O15/c1-11-21(34)23(36)25(38)41-26(11)42-28-24(37)22(35)14(10-29)27(43-28)40-13-8-17(32)20(18(33)9-13)15(30)5-3-12-4-6-19(39-2)16(31)7-12/h4,6-9,11,14,21-29,31-38H,3,5,10H2,1-2H3/t11-,14+,21+,22-,23+,24-,25+,26?,27?,28-/m0/s1. The molecule has 15 heteroatoms. The van der Waals surface area contributed by atoms with Crippen LogP contribution in [0.1, 0.15) is 29.3 Å². The minimum atomic E-state index is -1.81. The summed E-state index contributed by atoms with van der Waals surface area (Å²) >= 11 is 0. The van der Waals surface area contributed by atoms with Gasteiger partial charge >= 0.3 is 0 Å². The zero-order valence-corrected chi connectivity index (χ0v) is 23.3. The predicted octanol–water partition coefficient (Wildman–Crippen LogP) is -0.932. The number of ether oxygens (including phenoxy) is 5. The molecule has 4 rings (SSSR count). The summed E-state index contributed by atoms with van der Waals surface area (Å²) in [5.74, 6) is -4.09. The number of aromatic hydroxyl groups is 3. The van der Waals surface area contributed by atoms with Crippen LogP contribution >= 0.6 is 0 Å². The molecule has 0 spiro atoms. The van der Waals surface area contributed by atoms with Crippen molar-refractivity contribution in [3.8, 4) is 28.7 Å². The maximum Gasteiger partial charge on any atom is 0.210 e. The number of benzene rings is 2. The summed E-state index contributed by atoms with van der Waals surface area (Å²) in [5.41, 5.74) is 0.230. The minimum Gasteiger partial charge on any atom is -0.507 e. The molecule has 0 aliphatic carbocycles. The Bertz CT molecular complexity index is 1250. The second kappa shape index (κ2) is 13.6. The molecule has 15 nitrogen and oxygen atoms in total. The molecule has 2 aliphatic heterocycles. The molecule has 0 bridgehead atoms. The van der Waals surface area contributed by atoms with Crippen molar-refractivity contribution < 1.29 is 74.4 Å². The maximum atomic E-state index is 12.8. The number of aryl methyl sites for hydroxylation is 1. The van der Waals surface area contributed by atoms with Gasteiger partial charge in [-0.1, -0.05) is 13.0 Å². The zero-order chi connectivity index (χ0) is 31.6. The number of aliphatic hydroxyl groups is 6. The largest absolute Gasteiger partial charge is 0.507 e. The summed E-state index contributed by atoms with van der Waals surface area (Å²) in [6, 6.07) is 6.65. The van der Waals surface area contributed by atoms with Crippen LogP contribution in [0.25, 0.3) is 0 Å². The first-order chi connectivity index (χ1) is 20.4. The van der Waals surface area contributed by atoms with E-state index in [-0.39, 0.29) is 35.7 Å². The van der Waals surface area contributed by atoms with Gasteiger partial charge in [-0.2, -0.15) is 0 Å². The van der Waals surface area contributed by atoms with Gasteiger partial charge in [0.1, 0.15) is 35.0 Å². The molecule has 2 fully saturated rings. The van der Waals surface area contributed by atoms with Crippen LogP contribution < -0.4 is 9.47 Å². The van der Waals surface area contributed by atoms with Crippen LogP contribution in [0.5, 0.6) is 28.7 Å². The Morgan fingerprint density at radius 2 is 1.51 bits per heavy atom. The van der Waals surface area contributed by atoms with E-state index in [0.29, 0.717) is 5.56 Å². The van der Waals surface area contributed by atoms with Gasteiger partial charge in [0.2, 0.25) is 6.29 Å². The summed E-state index contributed by atoms with van der Waals surface area (Å²) in [6.07, 6.45) is -12.8. The van der Waals surface area contributed by atoms with E-state index in [0.717, 1.165) is 12.1 Å². The normalized spacial score (nSPS) is 32.7. The Labute approximate surface area is 245 Å². The topological polar surface area (TPSA) is 245 Å². The SMILES string of the molecule is COc1ccc(CCC(=O)c2c(O)cc(OC3O[C@H](OC4O[C@@H](O)[C@H](O)[C@H](O)[C@@H]4C)[C@@H](O)[C@@H](O)[C@H]3CO)cc2O)cc1O. The summed E-state index contributed by atoms with van der Waals surface area (Å²) < 4.78 is 27.0. The van der Waals surface area contributed by atoms with Gasteiger partial charge in [-0.3, -0.25) is 4.79 Å². The lowest BCUT2D eigenvalue weighted by atomic mass is 9.93. The number of carbonyl (C=O) groups excluding carboxylic acids is 1. The van der Waals surface area contributed by atoms with Crippen LogP contribution in [0.3, 0.4) is 0 Å². The van der Waals surface area contributed by atoms with Gasteiger partial charge in [0.15, 0.2) is 36.2 Å². The number of phenolic OH excluding ortho intramolecular Hbond substituents is 3. The first-order valence-corrected chi connectivity index (χ1v) is 13.5. The minimum absolute atomic E-state index is 0.106. The van der Waals surface area contributed by atoms with Crippen molar-refractivity contribution in [2.75, 3.05) is 13.7 Å². The fourth-order valence-electron chi connectivity index (χ4n) is 4.93. The average molecular weight is 613 g/mol. The Morgan fingerprint density at radius 3 is 2.12 bits per heavy atom. The number of phenols is 3. The van der Waals surface area contributed by atoms with Crippen molar-refractivity contribution in [2.24, 2.45) is 11.8 Å². The highest BCUT2D eigenvalue weighted by molar-refractivity contribution is 6.01. The molecule has 2 saturated heterocycles. The lowest BCUT2D eigenvalue weighted by Gasteiger charge is -2.45. The molecule has 2 aromatic rings. The quantitative estimate of drug-likeness (QED) is 0.147. The van der Waals surface area contributed by atoms with Crippen LogP contribution in [0.4, 0.5) is 0 Å². The van der Waals surface area contributed by atoms with Gasteiger partial charge in [0, 0.05) is 24.5 Å². The van der Waals surface area contributed by atoms with Crippen LogP contribution in [0, 0.1) is 11.8 Å². The zero-order valence-electron chi connectivity index (χ0n) is 23.3. The van der Waals surface area contributed by atoms with Gasteiger partial charge in [0.25, 0.3) is 0 Å². The molecule has 238 valence electrons. The number of methoxy groups -OCH3 is 1. The highest BCUT2D eigenvalue weighted by Crippen LogP contribution is 2.37. The summed E-state index contributed by atoms with van der Waals surface area (Å²) in [7, 11) is 1.40. The summed E-state index contributed by atoms with van der Waals surface area (Å²) in [5, 5.41) is 91.8. The number of aliphatic hydroxyl groups excluding tert-OH is 6. The molecule has 43 heavy (non-hydrogen) atoms. The Kier molecular flexibility index (Phi) is 10.3. The van der Waals surface area contributed by atoms with Crippen molar-refractivity contribution >= 4 is 5.78 Å². The van der Waals surface area contributed by atoms with Crippen LogP contribution in [0.15, 0.2) is 30.3 Å². The van der Waals surface area contributed by atoms with Gasteiger partial charge in [-0.15, -0.1) is 0 Å². The maximum absolute atomic E-state index is 12.8. The predicted molar refractivity (Wildman–Crippen MR) is 142 cm³/mol. The third kappa shape index (κ3) is 6.95. The van der Waals surface area contributed by atoms with E-state index >= 15 is 0 Å². The molecule has 0 radical (unpaired) electrons. The van der Waals surface area contributed by atoms with Crippen molar-refractivity contribution in [3.05, 3.63) is 41.5 Å². The molecule has 2 aliphatic rings. The lowest BCUT2D eigenvalue weighted by molar-refractivity contribution is -0.396. The number of carbonyl (C=O) groups is 1. The smallest absolute Gasteiger partial charge is 0.210 e. The number of hydrogen-bond acceptors (Lipinski definition) is 15. The third-order valence-electron chi connectivity index (χ3n) is 7.53. The van der Waals surface area contributed by atoms with E-state index in [1.54, 1.807) is 6.07 Å². The van der Waals surface area contributed by atoms with Crippen molar-refractivity contribution in [1.82, 2.24) is 0 Å². The molecule has 2 unspecified atom stereocenters. The fraction of sp³-hybridized carbons (Fsp3) is 0.536. The monoisotopic (exact) mass is 612 g/mol. The first-order valence-electron chi connectivity index (χ1n) is 13.5. The Morgan fingerprint density at radius 1 is 0.837 bits per heavy atom. The number of ketones is 1. The fourth-order valence-corrected chi connectivity index (χ4v) is 4.93. The lowest BCUT2D eigenvalue weighted by Crippen LogP contribution is -2.61. The number of rotatable bonds is 10. The molecule has 0 amide bonds. The average Bonchev–Trinajstić information content (AvgIpc) is 2.96. The second-order valence-corrected chi connectivity index (χ2v) is 10.5. The van der Waals surface area contributed by atoms with Crippen LogP contribution in [0.2, 0.25) is 0 Å². The van der Waals surface area contributed by atoms with E-state index < -0.39 is 85.3 Å². The van der Waals surface area contributed by atoms with Crippen LogP contribution in [-0.2, 0) is 20.6 Å². The number of Topliss-reactive ketones (excluding diaryl/α,β-unsaturated/α-hetero) is 1. The van der Waals surface area contributed by atoms with Crippen molar-refractivity contribution in [2.45, 2.75) is 69.3 Å². The van der Waals surface area contributed by atoms with E-state index in [4.69, 9.17) is 23.7 Å². The van der Waals surface area contributed by atoms with Gasteiger partial charge in [-0.05, 0) is 24.1 Å². The molecule has 0 saturated carbocycles. The molecular formula is C28H36O15. The first kappa shape index (κ1) is 32.7. The van der Waals surface area contributed by atoms with E-state index in [9.17, 15) is 50.8 Å². The third-order valence-corrected chi connectivity index (χ3v) is 7.53. The Hall–Kier alpha value is -3.25. The van der Waals surface area contributed by atoms with E-state index in [1.807, 2.05) is 0 Å². The van der Waals surface area contributed by atoms with Gasteiger partial charge in [-0.25, -0.2) is 0 Å². The molecular weight excluding hydrogens is 576 g/mol. The second-order valence-electron chi connectivity index (χ2n) is 10.5. The summed E-state index contributed by atoms with van der Waals surface area (Å²) in [6.45, 7) is 0.709.